The highest BCUT2D eigenvalue weighted by Crippen LogP contribution is 2.22. The minimum Gasteiger partial charge on any atom is -0.381 e. The molecule has 1 aliphatic heterocycles. The Kier molecular flexibility index (Phi) is 6.26. The van der Waals surface area contributed by atoms with E-state index >= 15 is 0 Å². The van der Waals surface area contributed by atoms with Crippen molar-refractivity contribution in [2.24, 2.45) is 11.8 Å². The molecule has 0 aromatic heterocycles. The lowest BCUT2D eigenvalue weighted by Crippen LogP contribution is -2.38. The Hall–Kier alpha value is -0.0800. The van der Waals surface area contributed by atoms with Gasteiger partial charge in [0.05, 0.1) is 6.61 Å². The second-order valence-corrected chi connectivity index (χ2v) is 4.93. The maximum Gasteiger partial charge on any atom is 0.0510 e. The van der Waals surface area contributed by atoms with Gasteiger partial charge in [-0.15, -0.1) is 0 Å². The van der Waals surface area contributed by atoms with Crippen molar-refractivity contribution in [1.82, 2.24) is 5.32 Å². The molecule has 1 rings (SSSR count). The number of hydrogen-bond donors (Lipinski definition) is 1. The molecule has 2 nitrogen and oxygen atoms in total. The molecule has 3 atom stereocenters. The van der Waals surface area contributed by atoms with Gasteiger partial charge in [-0.05, 0) is 37.6 Å². The fourth-order valence-electron chi connectivity index (χ4n) is 2.24. The molecular formula is C13H27NO. The van der Waals surface area contributed by atoms with Crippen LogP contribution in [0, 0.1) is 11.8 Å². The van der Waals surface area contributed by atoms with Crippen LogP contribution in [0.2, 0.25) is 0 Å². The minimum absolute atomic E-state index is 0.683. The third-order valence-electron chi connectivity index (χ3n) is 3.54. The first-order valence-corrected chi connectivity index (χ1v) is 6.59. The first-order valence-electron chi connectivity index (χ1n) is 6.59. The smallest absolute Gasteiger partial charge is 0.0510 e. The van der Waals surface area contributed by atoms with E-state index in [1.165, 1.54) is 25.7 Å². The molecule has 0 aromatic rings. The highest BCUT2D eigenvalue weighted by Gasteiger charge is 2.25. The predicted molar refractivity (Wildman–Crippen MR) is 65.1 cm³/mol. The van der Waals surface area contributed by atoms with Crippen molar-refractivity contribution < 1.29 is 4.74 Å². The molecule has 3 unspecified atom stereocenters. The lowest BCUT2D eigenvalue weighted by atomic mass is 9.89. The van der Waals surface area contributed by atoms with Crippen LogP contribution >= 0.6 is 0 Å². The van der Waals surface area contributed by atoms with E-state index in [-0.39, 0.29) is 0 Å². The third kappa shape index (κ3) is 4.52. The van der Waals surface area contributed by atoms with Crippen molar-refractivity contribution in [3.8, 4) is 0 Å². The van der Waals surface area contributed by atoms with Crippen molar-refractivity contribution in [2.75, 3.05) is 19.8 Å². The van der Waals surface area contributed by atoms with Gasteiger partial charge in [0.25, 0.3) is 0 Å². The van der Waals surface area contributed by atoms with Crippen LogP contribution in [0.3, 0.4) is 0 Å². The van der Waals surface area contributed by atoms with Crippen LogP contribution in [-0.4, -0.2) is 25.8 Å². The number of hydrogen-bond acceptors (Lipinski definition) is 2. The Balaban J connectivity index is 2.36. The summed E-state index contributed by atoms with van der Waals surface area (Å²) in [7, 11) is 0. The topological polar surface area (TPSA) is 21.3 Å². The molecular weight excluding hydrogens is 186 g/mol. The van der Waals surface area contributed by atoms with Gasteiger partial charge in [-0.3, -0.25) is 0 Å². The second-order valence-electron chi connectivity index (χ2n) is 4.93. The molecule has 1 saturated heterocycles. The highest BCUT2D eigenvalue weighted by atomic mass is 16.5. The van der Waals surface area contributed by atoms with Crippen molar-refractivity contribution in [2.45, 2.75) is 52.5 Å². The van der Waals surface area contributed by atoms with Crippen LogP contribution in [0.25, 0.3) is 0 Å². The monoisotopic (exact) mass is 213 g/mol. The minimum atomic E-state index is 0.683. The fraction of sp³-hybridized carbons (Fsp3) is 1.00. The summed E-state index contributed by atoms with van der Waals surface area (Å²) in [5, 5.41) is 3.70. The number of rotatable bonds is 7. The molecule has 0 radical (unpaired) electrons. The van der Waals surface area contributed by atoms with Crippen molar-refractivity contribution in [3.05, 3.63) is 0 Å². The Morgan fingerprint density at radius 2 is 2.20 bits per heavy atom. The van der Waals surface area contributed by atoms with Crippen LogP contribution in [0.5, 0.6) is 0 Å². The van der Waals surface area contributed by atoms with E-state index in [9.17, 15) is 0 Å². The SMILES string of the molecule is CCCNC(CC(C)CC)C1CCOC1. The lowest BCUT2D eigenvalue weighted by Gasteiger charge is -2.26. The molecule has 0 bridgehead atoms. The van der Waals surface area contributed by atoms with Crippen LogP contribution in [0.15, 0.2) is 0 Å². The average molecular weight is 213 g/mol. The van der Waals surface area contributed by atoms with E-state index < -0.39 is 0 Å². The first-order chi connectivity index (χ1) is 7.27. The van der Waals surface area contributed by atoms with E-state index in [0.29, 0.717) is 6.04 Å². The van der Waals surface area contributed by atoms with E-state index in [2.05, 4.69) is 26.1 Å². The summed E-state index contributed by atoms with van der Waals surface area (Å²) in [5.41, 5.74) is 0. The molecule has 0 amide bonds. The summed E-state index contributed by atoms with van der Waals surface area (Å²) in [6, 6.07) is 0.683. The van der Waals surface area contributed by atoms with Gasteiger partial charge in [0.2, 0.25) is 0 Å². The molecule has 1 fully saturated rings. The summed E-state index contributed by atoms with van der Waals surface area (Å²) in [4.78, 5) is 0. The zero-order chi connectivity index (χ0) is 11.1. The Morgan fingerprint density at radius 1 is 1.40 bits per heavy atom. The molecule has 0 saturated carbocycles. The van der Waals surface area contributed by atoms with Gasteiger partial charge in [-0.1, -0.05) is 27.2 Å². The van der Waals surface area contributed by atoms with Crippen LogP contribution < -0.4 is 5.32 Å². The van der Waals surface area contributed by atoms with Crippen LogP contribution in [0.1, 0.15) is 46.5 Å². The molecule has 2 heteroatoms. The number of ether oxygens (including phenoxy) is 1. The second kappa shape index (κ2) is 7.24. The van der Waals surface area contributed by atoms with Crippen LogP contribution in [-0.2, 0) is 4.74 Å². The van der Waals surface area contributed by atoms with Gasteiger partial charge in [0.15, 0.2) is 0 Å². The van der Waals surface area contributed by atoms with E-state index in [0.717, 1.165) is 31.6 Å². The first kappa shape index (κ1) is 13.0. The molecule has 1 aliphatic rings. The van der Waals surface area contributed by atoms with Crippen molar-refractivity contribution in [3.63, 3.8) is 0 Å². The standard InChI is InChI=1S/C13H27NO/c1-4-7-14-13(9-11(3)5-2)12-6-8-15-10-12/h11-14H,4-10H2,1-3H3. The van der Waals surface area contributed by atoms with Gasteiger partial charge in [-0.25, -0.2) is 0 Å². The van der Waals surface area contributed by atoms with Gasteiger partial charge in [0, 0.05) is 12.6 Å². The van der Waals surface area contributed by atoms with E-state index in [1.54, 1.807) is 0 Å². The third-order valence-corrected chi connectivity index (χ3v) is 3.54. The number of nitrogens with one attached hydrogen (secondary N) is 1. The fourth-order valence-corrected chi connectivity index (χ4v) is 2.24. The largest absolute Gasteiger partial charge is 0.381 e. The van der Waals surface area contributed by atoms with Crippen molar-refractivity contribution in [1.29, 1.82) is 0 Å². The molecule has 0 aliphatic carbocycles. The molecule has 1 N–H and O–H groups in total. The van der Waals surface area contributed by atoms with Gasteiger partial charge in [0.1, 0.15) is 0 Å². The summed E-state index contributed by atoms with van der Waals surface area (Å²) >= 11 is 0. The van der Waals surface area contributed by atoms with Crippen molar-refractivity contribution >= 4 is 0 Å². The Morgan fingerprint density at radius 3 is 2.73 bits per heavy atom. The Bertz CT molecular complexity index is 155. The van der Waals surface area contributed by atoms with Gasteiger partial charge >= 0.3 is 0 Å². The van der Waals surface area contributed by atoms with Crippen LogP contribution in [0.4, 0.5) is 0 Å². The Labute approximate surface area is 94.8 Å². The average Bonchev–Trinajstić information content (AvgIpc) is 2.77. The van der Waals surface area contributed by atoms with Gasteiger partial charge < -0.3 is 10.1 Å². The summed E-state index contributed by atoms with van der Waals surface area (Å²) < 4.78 is 5.49. The molecule has 1 heterocycles. The normalized spacial score (nSPS) is 25.4. The van der Waals surface area contributed by atoms with E-state index in [4.69, 9.17) is 4.74 Å². The summed E-state index contributed by atoms with van der Waals surface area (Å²) in [6.45, 7) is 9.96. The quantitative estimate of drug-likeness (QED) is 0.702. The lowest BCUT2D eigenvalue weighted by molar-refractivity contribution is 0.172. The zero-order valence-corrected chi connectivity index (χ0v) is 10.6. The molecule has 0 spiro atoms. The van der Waals surface area contributed by atoms with Gasteiger partial charge in [-0.2, -0.15) is 0 Å². The maximum absolute atomic E-state index is 5.49. The molecule has 0 aromatic carbocycles. The zero-order valence-electron chi connectivity index (χ0n) is 10.6. The predicted octanol–water partition coefficient (Wildman–Crippen LogP) is 2.83. The van der Waals surface area contributed by atoms with E-state index in [1.807, 2.05) is 0 Å². The highest BCUT2D eigenvalue weighted by molar-refractivity contribution is 4.80. The maximum atomic E-state index is 5.49. The summed E-state index contributed by atoms with van der Waals surface area (Å²) in [5.74, 6) is 1.59. The molecule has 90 valence electrons. The summed E-state index contributed by atoms with van der Waals surface area (Å²) in [6.07, 6.45) is 5.07. The molecule has 15 heavy (non-hydrogen) atoms.